The summed E-state index contributed by atoms with van der Waals surface area (Å²) >= 11 is 0. The average Bonchev–Trinajstić information content (AvgIpc) is 2.22. The molecule has 0 radical (unpaired) electrons. The molecule has 0 aromatic carbocycles. The van der Waals surface area contributed by atoms with Crippen LogP contribution in [-0.4, -0.2) is 24.3 Å². The molecule has 0 amide bonds. The van der Waals surface area contributed by atoms with Crippen LogP contribution in [0.15, 0.2) is 0 Å². The zero-order chi connectivity index (χ0) is 11.0. The molecule has 5 nitrogen and oxygen atoms in total. The smallest absolute Gasteiger partial charge is 0.340 e. The monoisotopic (exact) mass is 196 g/mol. The van der Waals surface area contributed by atoms with Crippen molar-refractivity contribution in [1.29, 1.82) is 10.5 Å². The summed E-state index contributed by atoms with van der Waals surface area (Å²) < 4.78 is 4.70. The Labute approximate surface area is 82.5 Å². The van der Waals surface area contributed by atoms with Gasteiger partial charge in [-0.1, -0.05) is 0 Å². The van der Waals surface area contributed by atoms with Crippen LogP contribution in [0.2, 0.25) is 0 Å². The van der Waals surface area contributed by atoms with Crippen molar-refractivity contribution in [3.05, 3.63) is 0 Å². The van der Waals surface area contributed by atoms with Gasteiger partial charge in [0.25, 0.3) is 0 Å². The molecule has 0 unspecified atom stereocenters. The fourth-order valence-corrected chi connectivity index (χ4v) is 0.639. The fourth-order valence-electron chi connectivity index (χ4n) is 0.639. The number of rotatable bonds is 5. The highest BCUT2D eigenvalue weighted by atomic mass is 16.5. The molecule has 5 heteroatoms. The van der Waals surface area contributed by atoms with E-state index in [9.17, 15) is 4.79 Å². The van der Waals surface area contributed by atoms with Gasteiger partial charge in [0.2, 0.25) is 5.41 Å². The van der Waals surface area contributed by atoms with Crippen molar-refractivity contribution in [1.82, 2.24) is 0 Å². The van der Waals surface area contributed by atoms with Crippen LogP contribution in [0.25, 0.3) is 0 Å². The average molecular weight is 196 g/mol. The molecule has 0 saturated carbocycles. The number of carbonyl (C=O) groups excluding carboxylic acids is 1. The molecule has 0 aromatic rings. The van der Waals surface area contributed by atoms with Crippen LogP contribution in [0.4, 0.5) is 0 Å². The second-order valence-corrected chi connectivity index (χ2v) is 2.92. The van der Waals surface area contributed by atoms with E-state index >= 15 is 0 Å². The van der Waals surface area contributed by atoms with E-state index in [0.29, 0.717) is 12.8 Å². The van der Waals surface area contributed by atoms with Crippen molar-refractivity contribution in [2.45, 2.75) is 19.8 Å². The number of hydrogen-bond donors (Lipinski definition) is 1. The zero-order valence-corrected chi connectivity index (χ0v) is 7.99. The van der Waals surface area contributed by atoms with Crippen LogP contribution in [-0.2, 0) is 9.53 Å². The SMILES string of the molecule is CC(C#N)(C#N)C(=O)OCCCCO. The molecule has 0 aliphatic rings. The highest BCUT2D eigenvalue weighted by Gasteiger charge is 2.35. The van der Waals surface area contributed by atoms with Gasteiger partial charge >= 0.3 is 5.97 Å². The summed E-state index contributed by atoms with van der Waals surface area (Å²) in [5.41, 5.74) is -1.72. The van der Waals surface area contributed by atoms with Gasteiger partial charge in [0.15, 0.2) is 0 Å². The van der Waals surface area contributed by atoms with E-state index in [4.69, 9.17) is 20.4 Å². The van der Waals surface area contributed by atoms with Crippen molar-refractivity contribution in [3.8, 4) is 12.1 Å². The lowest BCUT2D eigenvalue weighted by molar-refractivity contribution is -0.149. The molecule has 0 saturated heterocycles. The van der Waals surface area contributed by atoms with Crippen molar-refractivity contribution in [3.63, 3.8) is 0 Å². The first kappa shape index (κ1) is 12.4. The van der Waals surface area contributed by atoms with E-state index in [2.05, 4.69) is 0 Å². The summed E-state index contributed by atoms with van der Waals surface area (Å²) in [6.45, 7) is 1.37. The Bertz CT molecular complexity index is 261. The van der Waals surface area contributed by atoms with Crippen LogP contribution in [0.1, 0.15) is 19.8 Å². The largest absolute Gasteiger partial charge is 0.464 e. The normalized spacial score (nSPS) is 10.0. The van der Waals surface area contributed by atoms with Crippen molar-refractivity contribution >= 4 is 5.97 Å². The minimum absolute atomic E-state index is 0.0331. The molecule has 76 valence electrons. The van der Waals surface area contributed by atoms with Crippen molar-refractivity contribution in [2.75, 3.05) is 13.2 Å². The Morgan fingerprint density at radius 3 is 2.43 bits per heavy atom. The Morgan fingerprint density at radius 2 is 2.00 bits per heavy atom. The lowest BCUT2D eigenvalue weighted by atomic mass is 9.95. The van der Waals surface area contributed by atoms with Crippen LogP contribution in [0.5, 0.6) is 0 Å². The third-order valence-electron chi connectivity index (χ3n) is 1.64. The molecule has 0 bridgehead atoms. The number of nitriles is 2. The Balaban J connectivity index is 3.98. The molecule has 0 aliphatic carbocycles. The molecule has 0 fully saturated rings. The number of aliphatic hydroxyl groups excluding tert-OH is 1. The van der Waals surface area contributed by atoms with Crippen LogP contribution in [0, 0.1) is 28.1 Å². The van der Waals surface area contributed by atoms with Crippen LogP contribution in [0.3, 0.4) is 0 Å². The number of nitrogens with zero attached hydrogens (tertiary/aromatic N) is 2. The first-order chi connectivity index (χ1) is 6.60. The minimum atomic E-state index is -1.72. The van der Waals surface area contributed by atoms with E-state index in [-0.39, 0.29) is 13.2 Å². The number of ether oxygens (including phenoxy) is 1. The van der Waals surface area contributed by atoms with Crippen molar-refractivity contribution in [2.24, 2.45) is 5.41 Å². The van der Waals surface area contributed by atoms with E-state index in [1.54, 1.807) is 12.1 Å². The lowest BCUT2D eigenvalue weighted by Gasteiger charge is -2.10. The van der Waals surface area contributed by atoms with Crippen molar-refractivity contribution < 1.29 is 14.6 Å². The Kier molecular flexibility index (Phi) is 5.28. The first-order valence-corrected chi connectivity index (χ1v) is 4.21. The number of aliphatic hydroxyl groups is 1. The highest BCUT2D eigenvalue weighted by Crippen LogP contribution is 2.15. The summed E-state index contributed by atoms with van der Waals surface area (Å²) in [6.07, 6.45) is 1.05. The van der Waals surface area contributed by atoms with Gasteiger partial charge in [0.1, 0.15) is 0 Å². The molecule has 1 N–H and O–H groups in total. The van der Waals surface area contributed by atoms with Crippen LogP contribution >= 0.6 is 0 Å². The number of carbonyl (C=O) groups is 1. The van der Waals surface area contributed by atoms with E-state index in [1.165, 1.54) is 6.92 Å². The van der Waals surface area contributed by atoms with Gasteiger partial charge in [0, 0.05) is 6.61 Å². The molecule has 0 aromatic heterocycles. The second-order valence-electron chi connectivity index (χ2n) is 2.92. The third kappa shape index (κ3) is 3.42. The maximum atomic E-state index is 11.2. The van der Waals surface area contributed by atoms with Gasteiger partial charge in [-0.2, -0.15) is 10.5 Å². The molecule has 0 heterocycles. The first-order valence-electron chi connectivity index (χ1n) is 4.21. The standard InChI is InChI=1S/C9H12N2O3/c1-9(6-10,7-11)8(13)14-5-3-2-4-12/h12H,2-5H2,1H3. The fraction of sp³-hybridized carbons (Fsp3) is 0.667. The Morgan fingerprint density at radius 1 is 1.43 bits per heavy atom. The predicted molar refractivity (Wildman–Crippen MR) is 46.6 cm³/mol. The summed E-state index contributed by atoms with van der Waals surface area (Å²) in [4.78, 5) is 11.2. The van der Waals surface area contributed by atoms with Gasteiger partial charge in [0.05, 0.1) is 18.7 Å². The molecular formula is C9H12N2O3. The number of unbranched alkanes of at least 4 members (excludes halogenated alkanes) is 1. The quantitative estimate of drug-likeness (QED) is 0.506. The van der Waals surface area contributed by atoms with Gasteiger partial charge in [-0.25, -0.2) is 4.79 Å². The Hall–Kier alpha value is -1.59. The maximum Gasteiger partial charge on any atom is 0.340 e. The van der Waals surface area contributed by atoms with Gasteiger partial charge in [-0.05, 0) is 19.8 Å². The van der Waals surface area contributed by atoms with E-state index in [0.717, 1.165) is 0 Å². The molecule has 0 atom stereocenters. The second kappa shape index (κ2) is 5.95. The van der Waals surface area contributed by atoms with Gasteiger partial charge in [-0.3, -0.25) is 0 Å². The molecular weight excluding hydrogens is 184 g/mol. The molecule has 14 heavy (non-hydrogen) atoms. The predicted octanol–water partition coefficient (Wildman–Crippen LogP) is 0.356. The molecule has 0 aliphatic heterocycles. The lowest BCUT2D eigenvalue weighted by Crippen LogP contribution is -2.26. The van der Waals surface area contributed by atoms with E-state index in [1.807, 2.05) is 0 Å². The van der Waals surface area contributed by atoms with E-state index < -0.39 is 11.4 Å². The summed E-state index contributed by atoms with van der Waals surface area (Å²) in [5, 5.41) is 25.5. The summed E-state index contributed by atoms with van der Waals surface area (Å²) in [6, 6.07) is 3.17. The summed E-state index contributed by atoms with van der Waals surface area (Å²) in [5.74, 6) is -0.833. The van der Waals surface area contributed by atoms with Crippen LogP contribution < -0.4 is 0 Å². The van der Waals surface area contributed by atoms with Gasteiger partial charge < -0.3 is 9.84 Å². The topological polar surface area (TPSA) is 94.1 Å². The molecule has 0 rings (SSSR count). The zero-order valence-electron chi connectivity index (χ0n) is 7.99. The number of esters is 1. The maximum absolute atomic E-state index is 11.2. The van der Waals surface area contributed by atoms with Gasteiger partial charge in [-0.15, -0.1) is 0 Å². The third-order valence-corrected chi connectivity index (χ3v) is 1.64. The summed E-state index contributed by atoms with van der Waals surface area (Å²) in [7, 11) is 0. The highest BCUT2D eigenvalue weighted by molar-refractivity contribution is 5.82. The number of hydrogen-bond acceptors (Lipinski definition) is 5. The molecule has 0 spiro atoms. The minimum Gasteiger partial charge on any atom is -0.464 e.